The number of hydrogen-bond acceptors (Lipinski definition) is 4. The SMILES string of the molecule is CCC(C)C(NC(=O)CN1CCNCC1)C(=O)O. The summed E-state index contributed by atoms with van der Waals surface area (Å²) in [4.78, 5) is 24.9. The first-order chi connectivity index (χ1) is 8.54. The lowest BCUT2D eigenvalue weighted by molar-refractivity contribution is -0.143. The Morgan fingerprint density at radius 2 is 2.00 bits per heavy atom. The molecule has 2 unspecified atom stereocenters. The van der Waals surface area contributed by atoms with Gasteiger partial charge in [0.05, 0.1) is 6.54 Å². The van der Waals surface area contributed by atoms with E-state index in [0.29, 0.717) is 0 Å². The van der Waals surface area contributed by atoms with Crippen molar-refractivity contribution < 1.29 is 14.7 Å². The number of carboxylic acid groups (broad SMARTS) is 1. The van der Waals surface area contributed by atoms with Gasteiger partial charge in [-0.15, -0.1) is 0 Å². The first-order valence-corrected chi connectivity index (χ1v) is 6.49. The molecule has 3 N–H and O–H groups in total. The fraction of sp³-hybridized carbons (Fsp3) is 0.833. The van der Waals surface area contributed by atoms with E-state index < -0.39 is 12.0 Å². The molecule has 0 radical (unpaired) electrons. The molecule has 1 saturated heterocycles. The highest BCUT2D eigenvalue weighted by Gasteiger charge is 2.26. The Balaban J connectivity index is 2.42. The van der Waals surface area contributed by atoms with Crippen molar-refractivity contribution in [1.82, 2.24) is 15.5 Å². The van der Waals surface area contributed by atoms with E-state index in [1.54, 1.807) is 0 Å². The van der Waals surface area contributed by atoms with Gasteiger partial charge in [-0.25, -0.2) is 4.79 Å². The van der Waals surface area contributed by atoms with Crippen molar-refractivity contribution >= 4 is 11.9 Å². The van der Waals surface area contributed by atoms with E-state index in [1.165, 1.54) is 0 Å². The van der Waals surface area contributed by atoms with Crippen LogP contribution in [-0.2, 0) is 9.59 Å². The Hall–Kier alpha value is -1.14. The lowest BCUT2D eigenvalue weighted by atomic mass is 9.99. The zero-order valence-corrected chi connectivity index (χ0v) is 11.1. The van der Waals surface area contributed by atoms with E-state index in [1.807, 2.05) is 18.7 Å². The fourth-order valence-electron chi connectivity index (χ4n) is 1.97. The van der Waals surface area contributed by atoms with Crippen LogP contribution in [-0.4, -0.2) is 60.6 Å². The van der Waals surface area contributed by atoms with Gasteiger partial charge < -0.3 is 15.7 Å². The van der Waals surface area contributed by atoms with Gasteiger partial charge in [-0.1, -0.05) is 20.3 Å². The fourth-order valence-corrected chi connectivity index (χ4v) is 1.97. The molecule has 0 aromatic carbocycles. The molecule has 0 aromatic rings. The summed E-state index contributed by atoms with van der Waals surface area (Å²) >= 11 is 0. The summed E-state index contributed by atoms with van der Waals surface area (Å²) in [5.74, 6) is -1.22. The van der Waals surface area contributed by atoms with E-state index in [4.69, 9.17) is 5.11 Å². The summed E-state index contributed by atoms with van der Waals surface area (Å²) in [6, 6.07) is -0.787. The average Bonchev–Trinajstić information content (AvgIpc) is 2.36. The Morgan fingerprint density at radius 1 is 1.39 bits per heavy atom. The monoisotopic (exact) mass is 257 g/mol. The lowest BCUT2D eigenvalue weighted by Gasteiger charge is -2.27. The molecule has 0 aromatic heterocycles. The summed E-state index contributed by atoms with van der Waals surface area (Å²) in [6.45, 7) is 7.44. The third-order valence-corrected chi connectivity index (χ3v) is 3.37. The summed E-state index contributed by atoms with van der Waals surface area (Å²) in [5, 5.41) is 14.9. The molecule has 1 aliphatic rings. The molecule has 1 rings (SSSR count). The molecule has 1 amide bonds. The van der Waals surface area contributed by atoms with Gasteiger partial charge in [0, 0.05) is 26.2 Å². The number of amides is 1. The van der Waals surface area contributed by atoms with E-state index >= 15 is 0 Å². The second-order valence-corrected chi connectivity index (χ2v) is 4.80. The third-order valence-electron chi connectivity index (χ3n) is 3.37. The molecule has 1 aliphatic heterocycles. The maximum atomic E-state index is 11.8. The van der Waals surface area contributed by atoms with E-state index in [-0.39, 0.29) is 18.4 Å². The van der Waals surface area contributed by atoms with E-state index in [0.717, 1.165) is 32.6 Å². The number of hydrogen-bond donors (Lipinski definition) is 3. The molecule has 0 saturated carbocycles. The first-order valence-electron chi connectivity index (χ1n) is 6.49. The number of piperazine rings is 1. The second-order valence-electron chi connectivity index (χ2n) is 4.80. The quantitative estimate of drug-likeness (QED) is 0.598. The minimum absolute atomic E-state index is 0.0607. The summed E-state index contributed by atoms with van der Waals surface area (Å²) in [7, 11) is 0. The van der Waals surface area contributed by atoms with Gasteiger partial charge in [0.1, 0.15) is 6.04 Å². The van der Waals surface area contributed by atoms with Crippen molar-refractivity contribution in [2.45, 2.75) is 26.3 Å². The molecule has 1 fully saturated rings. The van der Waals surface area contributed by atoms with Crippen molar-refractivity contribution in [3.05, 3.63) is 0 Å². The van der Waals surface area contributed by atoms with Gasteiger partial charge in [-0.2, -0.15) is 0 Å². The van der Waals surface area contributed by atoms with Gasteiger partial charge in [-0.3, -0.25) is 9.69 Å². The molecule has 1 heterocycles. The highest BCUT2D eigenvalue weighted by molar-refractivity contribution is 5.84. The number of carbonyl (C=O) groups excluding carboxylic acids is 1. The average molecular weight is 257 g/mol. The van der Waals surface area contributed by atoms with Crippen LogP contribution in [0.2, 0.25) is 0 Å². The van der Waals surface area contributed by atoms with Crippen LogP contribution in [0.25, 0.3) is 0 Å². The maximum Gasteiger partial charge on any atom is 0.326 e. The van der Waals surface area contributed by atoms with Crippen LogP contribution in [0.5, 0.6) is 0 Å². The molecule has 0 bridgehead atoms. The summed E-state index contributed by atoms with van der Waals surface area (Å²) < 4.78 is 0. The number of carboxylic acids is 1. The van der Waals surface area contributed by atoms with Crippen LogP contribution in [0.4, 0.5) is 0 Å². The van der Waals surface area contributed by atoms with Crippen LogP contribution in [0.1, 0.15) is 20.3 Å². The molecule has 6 heteroatoms. The van der Waals surface area contributed by atoms with Gasteiger partial charge >= 0.3 is 5.97 Å². The Kier molecular flexibility index (Phi) is 6.07. The van der Waals surface area contributed by atoms with E-state index in [9.17, 15) is 9.59 Å². The van der Waals surface area contributed by atoms with Crippen LogP contribution < -0.4 is 10.6 Å². The number of nitrogens with one attached hydrogen (secondary N) is 2. The smallest absolute Gasteiger partial charge is 0.326 e. The predicted molar refractivity (Wildman–Crippen MR) is 68.3 cm³/mol. The maximum absolute atomic E-state index is 11.8. The summed E-state index contributed by atoms with van der Waals surface area (Å²) in [6.07, 6.45) is 0.727. The minimum atomic E-state index is -0.960. The van der Waals surface area contributed by atoms with Gasteiger partial charge in [0.2, 0.25) is 5.91 Å². The molecule has 104 valence electrons. The number of carbonyl (C=O) groups is 2. The number of nitrogens with zero attached hydrogens (tertiary/aromatic N) is 1. The molecule has 6 nitrogen and oxygen atoms in total. The minimum Gasteiger partial charge on any atom is -0.480 e. The standard InChI is InChI=1S/C12H23N3O3/c1-3-9(2)11(12(17)18)14-10(16)8-15-6-4-13-5-7-15/h9,11,13H,3-8H2,1-2H3,(H,14,16)(H,17,18). The Labute approximate surface area is 108 Å². The molecule has 2 atom stereocenters. The normalized spacial score (nSPS) is 20.1. The molecular formula is C12H23N3O3. The zero-order chi connectivity index (χ0) is 13.5. The van der Waals surface area contributed by atoms with Crippen LogP contribution in [0, 0.1) is 5.92 Å². The number of rotatable bonds is 6. The molecule has 0 aliphatic carbocycles. The molecular weight excluding hydrogens is 234 g/mol. The van der Waals surface area contributed by atoms with Gasteiger partial charge in [0.15, 0.2) is 0 Å². The lowest BCUT2D eigenvalue weighted by Crippen LogP contribution is -2.51. The highest BCUT2D eigenvalue weighted by atomic mass is 16.4. The van der Waals surface area contributed by atoms with Crippen molar-refractivity contribution in [3.8, 4) is 0 Å². The largest absolute Gasteiger partial charge is 0.480 e. The van der Waals surface area contributed by atoms with Crippen LogP contribution >= 0.6 is 0 Å². The van der Waals surface area contributed by atoms with Crippen molar-refractivity contribution in [2.24, 2.45) is 5.92 Å². The molecule has 0 spiro atoms. The predicted octanol–water partition coefficient (Wildman–Crippen LogP) is -0.493. The van der Waals surface area contributed by atoms with Crippen molar-refractivity contribution in [3.63, 3.8) is 0 Å². The van der Waals surface area contributed by atoms with Crippen LogP contribution in [0.15, 0.2) is 0 Å². The first kappa shape index (κ1) is 14.9. The van der Waals surface area contributed by atoms with Crippen LogP contribution in [0.3, 0.4) is 0 Å². The van der Waals surface area contributed by atoms with Crippen molar-refractivity contribution in [1.29, 1.82) is 0 Å². The van der Waals surface area contributed by atoms with Crippen molar-refractivity contribution in [2.75, 3.05) is 32.7 Å². The summed E-state index contributed by atoms with van der Waals surface area (Å²) in [5.41, 5.74) is 0. The molecule has 18 heavy (non-hydrogen) atoms. The van der Waals surface area contributed by atoms with E-state index in [2.05, 4.69) is 10.6 Å². The second kappa shape index (κ2) is 7.33. The third kappa shape index (κ3) is 4.62. The number of aliphatic carboxylic acids is 1. The Bertz CT molecular complexity index is 290. The van der Waals surface area contributed by atoms with Gasteiger partial charge in [-0.05, 0) is 5.92 Å². The highest BCUT2D eigenvalue weighted by Crippen LogP contribution is 2.07. The topological polar surface area (TPSA) is 81.7 Å². The zero-order valence-electron chi connectivity index (χ0n) is 11.1. The van der Waals surface area contributed by atoms with Gasteiger partial charge in [0.25, 0.3) is 0 Å². The Morgan fingerprint density at radius 3 is 2.50 bits per heavy atom.